The highest BCUT2D eigenvalue weighted by atomic mass is 19.1. The number of methoxy groups -OCH3 is 1. The normalized spacial score (nSPS) is 15.7. The summed E-state index contributed by atoms with van der Waals surface area (Å²) in [6.07, 6.45) is 0.680. The molecule has 5 nitrogen and oxygen atoms in total. The van der Waals surface area contributed by atoms with Crippen LogP contribution in [-0.2, 0) is 6.54 Å². The van der Waals surface area contributed by atoms with Gasteiger partial charge in [-0.1, -0.05) is 36.4 Å². The van der Waals surface area contributed by atoms with Crippen molar-refractivity contribution in [3.63, 3.8) is 0 Å². The van der Waals surface area contributed by atoms with Crippen molar-refractivity contribution in [2.75, 3.05) is 38.2 Å². The van der Waals surface area contributed by atoms with Crippen LogP contribution in [0.2, 0.25) is 0 Å². The van der Waals surface area contributed by atoms with Crippen molar-refractivity contribution in [2.45, 2.75) is 19.6 Å². The molecule has 31 heavy (non-hydrogen) atoms. The first-order chi connectivity index (χ1) is 15.1. The van der Waals surface area contributed by atoms with E-state index in [-0.39, 0.29) is 5.82 Å². The number of aromatic nitrogens is 1. The fourth-order valence-electron chi connectivity index (χ4n) is 4.22. The molecule has 1 aliphatic rings. The van der Waals surface area contributed by atoms with Gasteiger partial charge in [-0.25, -0.2) is 4.39 Å². The van der Waals surface area contributed by atoms with Crippen molar-refractivity contribution in [3.8, 4) is 5.75 Å². The van der Waals surface area contributed by atoms with E-state index in [1.54, 1.807) is 25.4 Å². The largest absolute Gasteiger partial charge is 0.496 e. The summed E-state index contributed by atoms with van der Waals surface area (Å²) < 4.78 is 20.4. The van der Waals surface area contributed by atoms with Crippen molar-refractivity contribution in [1.29, 1.82) is 0 Å². The maximum absolute atomic E-state index is 15.0. The summed E-state index contributed by atoms with van der Waals surface area (Å²) in [5, 5.41) is 11.0. The van der Waals surface area contributed by atoms with Gasteiger partial charge in [0.05, 0.1) is 18.5 Å². The molecule has 0 saturated carbocycles. The van der Waals surface area contributed by atoms with Gasteiger partial charge in [-0.3, -0.25) is 9.88 Å². The van der Waals surface area contributed by atoms with Gasteiger partial charge in [-0.15, -0.1) is 0 Å². The zero-order valence-electron chi connectivity index (χ0n) is 18.0. The van der Waals surface area contributed by atoms with E-state index >= 15 is 0 Å². The summed E-state index contributed by atoms with van der Waals surface area (Å²) in [4.78, 5) is 8.71. The van der Waals surface area contributed by atoms with Crippen LogP contribution < -0.4 is 9.64 Å². The summed E-state index contributed by atoms with van der Waals surface area (Å²) >= 11 is 0. The number of benzene rings is 2. The lowest BCUT2D eigenvalue weighted by atomic mass is 9.99. The van der Waals surface area contributed by atoms with E-state index in [9.17, 15) is 9.50 Å². The molecule has 3 aromatic rings. The molecule has 1 saturated heterocycles. The molecule has 1 aliphatic heterocycles. The molecular weight excluding hydrogens is 393 g/mol. The quantitative estimate of drug-likeness (QED) is 0.653. The van der Waals surface area contributed by atoms with Crippen LogP contribution in [-0.4, -0.2) is 48.3 Å². The van der Waals surface area contributed by atoms with Crippen molar-refractivity contribution in [3.05, 3.63) is 89.0 Å². The summed E-state index contributed by atoms with van der Waals surface area (Å²) in [5.41, 5.74) is 3.61. The van der Waals surface area contributed by atoms with Crippen LogP contribution in [0.15, 0.2) is 60.8 Å². The molecule has 2 heterocycles. The Morgan fingerprint density at radius 3 is 2.55 bits per heavy atom. The number of hydrogen-bond donors (Lipinski definition) is 1. The maximum Gasteiger partial charge on any atom is 0.146 e. The first-order valence-electron chi connectivity index (χ1n) is 10.6. The van der Waals surface area contributed by atoms with E-state index in [1.807, 2.05) is 42.2 Å². The third-order valence-corrected chi connectivity index (χ3v) is 5.90. The summed E-state index contributed by atoms with van der Waals surface area (Å²) in [6.45, 7) is 5.64. The molecule has 1 unspecified atom stereocenters. The maximum atomic E-state index is 15.0. The molecule has 2 aromatic carbocycles. The number of aliphatic hydroxyl groups excluding tert-OH is 1. The van der Waals surface area contributed by atoms with Crippen molar-refractivity contribution >= 4 is 5.69 Å². The predicted molar refractivity (Wildman–Crippen MR) is 120 cm³/mol. The first kappa shape index (κ1) is 21.3. The van der Waals surface area contributed by atoms with Crippen LogP contribution in [0.3, 0.4) is 0 Å². The minimum atomic E-state index is -0.974. The summed E-state index contributed by atoms with van der Waals surface area (Å²) in [6, 6.07) is 16.7. The molecule has 162 valence electrons. The van der Waals surface area contributed by atoms with Crippen LogP contribution in [0, 0.1) is 12.7 Å². The number of aliphatic hydroxyl groups is 1. The Labute approximate surface area is 182 Å². The predicted octanol–water partition coefficient (Wildman–Crippen LogP) is 3.94. The standard InChI is InChI=1S/C25H28FN3O2/c1-18-7-6-12-27-23(18)25(30)20-9-5-10-21(26)24(20)29-15-13-28(14-16-29)17-19-8-3-4-11-22(19)31-2/h3-12,25,30H,13-17H2,1-2H3. The van der Waals surface area contributed by atoms with Crippen molar-refractivity contribution < 1.29 is 14.2 Å². The zero-order chi connectivity index (χ0) is 21.8. The van der Waals surface area contributed by atoms with Crippen LogP contribution >= 0.6 is 0 Å². The topological polar surface area (TPSA) is 48.8 Å². The number of nitrogens with zero attached hydrogens (tertiary/aromatic N) is 3. The minimum absolute atomic E-state index is 0.316. The molecule has 1 fully saturated rings. The highest BCUT2D eigenvalue weighted by Crippen LogP contribution is 2.34. The molecule has 1 N–H and O–H groups in total. The van der Waals surface area contributed by atoms with Gasteiger partial charge in [0, 0.05) is 50.0 Å². The van der Waals surface area contributed by atoms with Gasteiger partial charge in [0.25, 0.3) is 0 Å². The van der Waals surface area contributed by atoms with Gasteiger partial charge in [0.2, 0.25) is 0 Å². The van der Waals surface area contributed by atoms with E-state index in [1.165, 1.54) is 6.07 Å². The molecule has 4 rings (SSSR count). The molecule has 0 bridgehead atoms. The molecule has 1 atom stereocenters. The third kappa shape index (κ3) is 4.55. The van der Waals surface area contributed by atoms with Gasteiger partial charge >= 0.3 is 0 Å². The van der Waals surface area contributed by atoms with Gasteiger partial charge in [-0.05, 0) is 30.7 Å². The number of pyridine rings is 1. The van der Waals surface area contributed by atoms with Gasteiger partial charge in [0.1, 0.15) is 17.7 Å². The highest BCUT2D eigenvalue weighted by Gasteiger charge is 2.26. The number of rotatable bonds is 6. The second-order valence-corrected chi connectivity index (χ2v) is 7.86. The minimum Gasteiger partial charge on any atom is -0.496 e. The van der Waals surface area contributed by atoms with Crippen LogP contribution in [0.1, 0.15) is 28.5 Å². The average molecular weight is 422 g/mol. The van der Waals surface area contributed by atoms with Gasteiger partial charge < -0.3 is 14.7 Å². The van der Waals surface area contributed by atoms with Crippen LogP contribution in [0.4, 0.5) is 10.1 Å². The SMILES string of the molecule is COc1ccccc1CN1CCN(c2c(F)cccc2C(O)c2ncccc2C)CC1. The second-order valence-electron chi connectivity index (χ2n) is 7.86. The highest BCUT2D eigenvalue weighted by molar-refractivity contribution is 5.58. The lowest BCUT2D eigenvalue weighted by Gasteiger charge is -2.37. The molecule has 0 spiro atoms. The number of aryl methyl sites for hydroxylation is 1. The number of anilines is 1. The molecule has 0 aliphatic carbocycles. The van der Waals surface area contributed by atoms with Crippen LogP contribution in [0.5, 0.6) is 5.75 Å². The first-order valence-corrected chi connectivity index (χ1v) is 10.6. The Bertz CT molecular complexity index is 1030. The fourth-order valence-corrected chi connectivity index (χ4v) is 4.22. The van der Waals surface area contributed by atoms with E-state index < -0.39 is 6.10 Å². The molecular formula is C25H28FN3O2. The zero-order valence-corrected chi connectivity index (χ0v) is 18.0. The Hall–Kier alpha value is -2.96. The lowest BCUT2D eigenvalue weighted by molar-refractivity contribution is 0.212. The van der Waals surface area contributed by atoms with Crippen molar-refractivity contribution in [1.82, 2.24) is 9.88 Å². The third-order valence-electron chi connectivity index (χ3n) is 5.90. The molecule has 0 amide bonds. The fraction of sp³-hybridized carbons (Fsp3) is 0.320. The van der Waals surface area contributed by atoms with E-state index in [2.05, 4.69) is 16.0 Å². The monoisotopic (exact) mass is 421 g/mol. The van der Waals surface area contributed by atoms with Gasteiger partial charge in [-0.2, -0.15) is 0 Å². The van der Waals surface area contributed by atoms with Crippen LogP contribution in [0.25, 0.3) is 0 Å². The second kappa shape index (κ2) is 9.45. The summed E-state index contributed by atoms with van der Waals surface area (Å²) in [5.74, 6) is 0.568. The molecule has 1 aromatic heterocycles. The van der Waals surface area contributed by atoms with Crippen molar-refractivity contribution in [2.24, 2.45) is 0 Å². The Morgan fingerprint density at radius 2 is 1.81 bits per heavy atom. The molecule has 6 heteroatoms. The Balaban J connectivity index is 1.52. The van der Waals surface area contributed by atoms with E-state index in [4.69, 9.17) is 4.74 Å². The summed E-state index contributed by atoms with van der Waals surface area (Å²) in [7, 11) is 1.69. The number of ether oxygens (including phenoxy) is 1. The number of hydrogen-bond acceptors (Lipinski definition) is 5. The van der Waals surface area contributed by atoms with E-state index in [0.717, 1.165) is 36.5 Å². The van der Waals surface area contributed by atoms with Gasteiger partial charge in [0.15, 0.2) is 0 Å². The number of halogens is 1. The Morgan fingerprint density at radius 1 is 1.03 bits per heavy atom. The lowest BCUT2D eigenvalue weighted by Crippen LogP contribution is -2.46. The number of para-hydroxylation sites is 2. The molecule has 0 radical (unpaired) electrons. The smallest absolute Gasteiger partial charge is 0.146 e. The number of piperazine rings is 1. The van der Waals surface area contributed by atoms with E-state index in [0.29, 0.717) is 30.0 Å². The Kier molecular flexibility index (Phi) is 6.49. The average Bonchev–Trinajstić information content (AvgIpc) is 2.80.